The van der Waals surface area contributed by atoms with Crippen LogP contribution in [0.5, 0.6) is 0 Å². The molecule has 0 saturated heterocycles. The molecule has 0 heterocycles. The van der Waals surface area contributed by atoms with Crippen molar-refractivity contribution in [2.45, 2.75) is 39.0 Å². The summed E-state index contributed by atoms with van der Waals surface area (Å²) in [6.07, 6.45) is 7.20. The van der Waals surface area contributed by atoms with Gasteiger partial charge in [0.2, 0.25) is 0 Å². The fraction of sp³-hybridized carbons (Fsp3) is 0.857. The molecule has 0 aliphatic heterocycles. The van der Waals surface area contributed by atoms with Crippen LogP contribution in [0, 0.1) is 0 Å². The van der Waals surface area contributed by atoms with E-state index in [0.29, 0.717) is 6.42 Å². The molecule has 0 aliphatic rings. The van der Waals surface area contributed by atoms with Gasteiger partial charge < -0.3 is 0 Å². The number of hydrogen-bond donors (Lipinski definition) is 0. The SMILES string of the molecule is CCCC[14CH2]C[C]=O. The molecule has 0 amide bonds. The molecule has 0 spiro atoms. The lowest BCUT2D eigenvalue weighted by atomic mass is 10.3. The van der Waals surface area contributed by atoms with Gasteiger partial charge in [-0.15, -0.1) is 0 Å². The third kappa shape index (κ3) is 5.67. The number of rotatable bonds is 5. The average molecular weight is 115 g/mol. The first kappa shape index (κ1) is 7.67. The lowest BCUT2D eigenvalue weighted by Crippen LogP contribution is -1.76. The zero-order chi connectivity index (χ0) is 6.24. The monoisotopic (exact) mass is 115 g/mol. The molecule has 0 bridgehead atoms. The highest BCUT2D eigenvalue weighted by atomic mass is 16.1. The quantitative estimate of drug-likeness (QED) is 0.501. The van der Waals surface area contributed by atoms with Crippen molar-refractivity contribution in [3.8, 4) is 0 Å². The maximum atomic E-state index is 9.64. The van der Waals surface area contributed by atoms with E-state index in [2.05, 4.69) is 6.92 Å². The summed E-state index contributed by atoms with van der Waals surface area (Å²) in [7, 11) is 0. The van der Waals surface area contributed by atoms with Gasteiger partial charge in [-0.1, -0.05) is 26.2 Å². The van der Waals surface area contributed by atoms with Gasteiger partial charge in [0.25, 0.3) is 0 Å². The summed E-state index contributed by atoms with van der Waals surface area (Å²) in [6.45, 7) is 2.16. The summed E-state index contributed by atoms with van der Waals surface area (Å²) in [5.41, 5.74) is 0. The predicted molar refractivity (Wildman–Crippen MR) is 34.5 cm³/mol. The molecule has 0 saturated carbocycles. The Labute approximate surface area is 51.1 Å². The Balaban J connectivity index is 2.62. The molecular formula is C7H13O. The van der Waals surface area contributed by atoms with Crippen LogP contribution in [0.4, 0.5) is 0 Å². The van der Waals surface area contributed by atoms with E-state index in [4.69, 9.17) is 0 Å². The van der Waals surface area contributed by atoms with Gasteiger partial charge in [0.05, 0.1) is 0 Å². The van der Waals surface area contributed by atoms with Crippen molar-refractivity contribution >= 4 is 6.29 Å². The fourth-order valence-corrected chi connectivity index (χ4v) is 0.624. The summed E-state index contributed by atoms with van der Waals surface area (Å²) in [6, 6.07) is 0. The molecule has 0 unspecified atom stereocenters. The van der Waals surface area contributed by atoms with Crippen LogP contribution in [0.15, 0.2) is 0 Å². The summed E-state index contributed by atoms with van der Waals surface area (Å²) in [5, 5.41) is 0. The molecule has 47 valence electrons. The lowest BCUT2D eigenvalue weighted by Gasteiger charge is -1.89. The molecule has 0 aromatic heterocycles. The van der Waals surface area contributed by atoms with Gasteiger partial charge in [0, 0.05) is 6.42 Å². The van der Waals surface area contributed by atoms with Gasteiger partial charge in [-0.3, -0.25) is 4.79 Å². The summed E-state index contributed by atoms with van der Waals surface area (Å²) < 4.78 is 0. The predicted octanol–water partition coefficient (Wildman–Crippen LogP) is 2.07. The van der Waals surface area contributed by atoms with Crippen molar-refractivity contribution in [1.29, 1.82) is 0 Å². The topological polar surface area (TPSA) is 17.1 Å². The highest BCUT2D eigenvalue weighted by molar-refractivity contribution is 5.50. The summed E-state index contributed by atoms with van der Waals surface area (Å²) >= 11 is 0. The molecule has 0 aromatic rings. The molecule has 8 heavy (non-hydrogen) atoms. The van der Waals surface area contributed by atoms with Gasteiger partial charge in [0.15, 0.2) is 6.29 Å². The van der Waals surface area contributed by atoms with Crippen LogP contribution in [0.2, 0.25) is 0 Å². The Morgan fingerprint density at radius 1 is 1.62 bits per heavy atom. The van der Waals surface area contributed by atoms with E-state index in [1.807, 2.05) is 6.29 Å². The molecule has 0 rings (SSSR count). The first-order valence-corrected chi connectivity index (χ1v) is 3.26. The third-order valence-electron chi connectivity index (χ3n) is 1.13. The van der Waals surface area contributed by atoms with Crippen LogP contribution in [-0.4, -0.2) is 6.29 Å². The van der Waals surface area contributed by atoms with Crippen LogP contribution in [-0.2, 0) is 4.79 Å². The normalized spacial score (nSPS) is 9.12. The Morgan fingerprint density at radius 2 is 2.38 bits per heavy atom. The van der Waals surface area contributed by atoms with Crippen molar-refractivity contribution in [3.63, 3.8) is 0 Å². The Bertz CT molecular complexity index is 50.3. The molecule has 1 nitrogen and oxygen atoms in total. The van der Waals surface area contributed by atoms with E-state index in [1.54, 1.807) is 0 Å². The molecule has 0 N–H and O–H groups in total. The standard InChI is InChI=1S/C7H13O/c1-2-3-4-5-6-7-8/h2-6H2,1H3/i5+2. The van der Waals surface area contributed by atoms with Crippen molar-refractivity contribution in [2.75, 3.05) is 0 Å². The van der Waals surface area contributed by atoms with E-state index in [0.717, 1.165) is 6.42 Å². The smallest absolute Gasteiger partial charge is 0.198 e. The Hall–Kier alpha value is -0.330. The van der Waals surface area contributed by atoms with Gasteiger partial charge in [-0.05, 0) is 6.42 Å². The largest absolute Gasteiger partial charge is 0.291 e. The molecule has 0 fully saturated rings. The maximum absolute atomic E-state index is 9.64. The number of hydrogen-bond acceptors (Lipinski definition) is 1. The lowest BCUT2D eigenvalue weighted by molar-refractivity contribution is 0.544. The van der Waals surface area contributed by atoms with E-state index in [9.17, 15) is 4.79 Å². The van der Waals surface area contributed by atoms with Gasteiger partial charge in [-0.25, -0.2) is 0 Å². The molecule has 0 aromatic carbocycles. The van der Waals surface area contributed by atoms with Gasteiger partial charge >= 0.3 is 0 Å². The van der Waals surface area contributed by atoms with Crippen LogP contribution < -0.4 is 0 Å². The van der Waals surface area contributed by atoms with Crippen LogP contribution in [0.3, 0.4) is 0 Å². The van der Waals surface area contributed by atoms with Gasteiger partial charge in [-0.2, -0.15) is 0 Å². The first-order chi connectivity index (χ1) is 3.91. The second-order valence-electron chi connectivity index (χ2n) is 1.95. The van der Waals surface area contributed by atoms with Crippen molar-refractivity contribution in [3.05, 3.63) is 0 Å². The van der Waals surface area contributed by atoms with Crippen molar-refractivity contribution < 1.29 is 4.79 Å². The van der Waals surface area contributed by atoms with Crippen molar-refractivity contribution in [2.24, 2.45) is 0 Å². The first-order valence-electron chi connectivity index (χ1n) is 3.26. The second kappa shape index (κ2) is 6.67. The highest BCUT2D eigenvalue weighted by Gasteiger charge is 1.84. The maximum Gasteiger partial charge on any atom is 0.198 e. The molecule has 1 radical (unpaired) electrons. The van der Waals surface area contributed by atoms with Crippen molar-refractivity contribution in [1.82, 2.24) is 0 Å². The third-order valence-corrected chi connectivity index (χ3v) is 1.13. The number of carbonyl (C=O) groups excluding carboxylic acids is 1. The molecule has 0 aliphatic carbocycles. The molecule has 1 heteroatoms. The van der Waals surface area contributed by atoms with Crippen LogP contribution >= 0.6 is 0 Å². The fourth-order valence-electron chi connectivity index (χ4n) is 0.624. The Morgan fingerprint density at radius 3 is 2.88 bits per heavy atom. The van der Waals surface area contributed by atoms with E-state index < -0.39 is 0 Å². The van der Waals surface area contributed by atoms with Crippen LogP contribution in [0.25, 0.3) is 0 Å². The zero-order valence-corrected chi connectivity index (χ0v) is 5.44. The van der Waals surface area contributed by atoms with Crippen LogP contribution in [0.1, 0.15) is 39.0 Å². The minimum Gasteiger partial charge on any atom is -0.291 e. The van der Waals surface area contributed by atoms with Gasteiger partial charge in [0.1, 0.15) is 0 Å². The molecular weight excluding hydrogens is 102 g/mol. The minimum absolute atomic E-state index is 0.625. The highest BCUT2D eigenvalue weighted by Crippen LogP contribution is 1.99. The van der Waals surface area contributed by atoms with E-state index in [-0.39, 0.29) is 0 Å². The van der Waals surface area contributed by atoms with E-state index >= 15 is 0 Å². The summed E-state index contributed by atoms with van der Waals surface area (Å²) in [4.78, 5) is 9.64. The average Bonchev–Trinajstić information content (AvgIpc) is 1.81. The second-order valence-corrected chi connectivity index (χ2v) is 1.95. The zero-order valence-electron chi connectivity index (χ0n) is 5.44. The summed E-state index contributed by atoms with van der Waals surface area (Å²) in [5.74, 6) is 0. The Kier molecular flexibility index (Phi) is 6.39. The molecule has 0 atom stereocenters. The number of unbranched alkanes of at least 4 members (excludes halogenated alkanes) is 4. The minimum atomic E-state index is 0.625. The van der Waals surface area contributed by atoms with E-state index in [1.165, 1.54) is 19.3 Å².